The monoisotopic (exact) mass is 288 g/mol. The molecule has 3 heteroatoms. The summed E-state index contributed by atoms with van der Waals surface area (Å²) in [4.78, 5) is 5.10. The largest absolute Gasteiger partial charge is 0.379 e. The van der Waals surface area contributed by atoms with Gasteiger partial charge in [-0.3, -0.25) is 4.90 Å². The van der Waals surface area contributed by atoms with Crippen molar-refractivity contribution in [2.45, 2.75) is 25.7 Å². The average Bonchev–Trinajstić information content (AvgIpc) is 2.57. The molecule has 3 nitrogen and oxygen atoms in total. The first-order chi connectivity index (χ1) is 10.4. The highest BCUT2D eigenvalue weighted by Crippen LogP contribution is 2.25. The number of nitrogens with zero attached hydrogens (tertiary/aromatic N) is 2. The van der Waals surface area contributed by atoms with Gasteiger partial charge in [-0.05, 0) is 50.3 Å². The van der Waals surface area contributed by atoms with Crippen molar-refractivity contribution in [2.24, 2.45) is 5.92 Å². The van der Waals surface area contributed by atoms with E-state index in [0.717, 1.165) is 32.2 Å². The molecular weight excluding hydrogens is 260 g/mol. The number of rotatable bonds is 5. The van der Waals surface area contributed by atoms with Crippen LogP contribution < -0.4 is 4.90 Å². The molecule has 3 rings (SSSR count). The average molecular weight is 288 g/mol. The van der Waals surface area contributed by atoms with Crippen molar-refractivity contribution in [1.29, 1.82) is 0 Å². The summed E-state index contributed by atoms with van der Waals surface area (Å²) in [6, 6.07) is 10.9. The Labute approximate surface area is 128 Å². The van der Waals surface area contributed by atoms with Gasteiger partial charge in [-0.1, -0.05) is 18.2 Å². The topological polar surface area (TPSA) is 15.7 Å². The van der Waals surface area contributed by atoms with Crippen LogP contribution in [-0.2, 0) is 4.74 Å². The van der Waals surface area contributed by atoms with Gasteiger partial charge in [0.05, 0.1) is 13.2 Å². The quantitative estimate of drug-likeness (QED) is 0.828. The number of anilines is 1. The zero-order valence-electron chi connectivity index (χ0n) is 13.0. The van der Waals surface area contributed by atoms with Gasteiger partial charge in [0.2, 0.25) is 0 Å². The molecule has 2 aliphatic heterocycles. The fraction of sp³-hybridized carbons (Fsp3) is 0.667. The second-order valence-corrected chi connectivity index (χ2v) is 6.36. The van der Waals surface area contributed by atoms with Gasteiger partial charge in [-0.2, -0.15) is 0 Å². The Morgan fingerprint density at radius 2 is 1.67 bits per heavy atom. The predicted molar refractivity (Wildman–Crippen MR) is 87.9 cm³/mol. The molecule has 0 N–H and O–H groups in total. The first kappa shape index (κ1) is 14.9. The Bertz CT molecular complexity index is 395. The van der Waals surface area contributed by atoms with Crippen molar-refractivity contribution in [1.82, 2.24) is 4.90 Å². The van der Waals surface area contributed by atoms with Crippen LogP contribution in [0, 0.1) is 5.92 Å². The second-order valence-electron chi connectivity index (χ2n) is 6.36. The first-order valence-corrected chi connectivity index (χ1v) is 8.52. The van der Waals surface area contributed by atoms with E-state index in [1.54, 1.807) is 0 Å². The maximum Gasteiger partial charge on any atom is 0.0594 e. The molecule has 0 bridgehead atoms. The first-order valence-electron chi connectivity index (χ1n) is 8.52. The summed E-state index contributed by atoms with van der Waals surface area (Å²) in [6.45, 7) is 7.84. The smallest absolute Gasteiger partial charge is 0.0594 e. The molecular formula is C18H28N2O. The molecule has 116 valence electrons. The summed E-state index contributed by atoms with van der Waals surface area (Å²) < 4.78 is 5.40. The van der Waals surface area contributed by atoms with Crippen molar-refractivity contribution in [3.8, 4) is 0 Å². The minimum atomic E-state index is 0.926. The maximum atomic E-state index is 5.40. The Hall–Kier alpha value is -1.06. The molecule has 2 heterocycles. The molecule has 21 heavy (non-hydrogen) atoms. The summed E-state index contributed by atoms with van der Waals surface area (Å²) in [6.07, 6.45) is 5.48. The molecule has 2 fully saturated rings. The van der Waals surface area contributed by atoms with Crippen LogP contribution in [0.25, 0.3) is 0 Å². The second kappa shape index (κ2) is 7.81. The highest BCUT2D eigenvalue weighted by atomic mass is 16.5. The van der Waals surface area contributed by atoms with Crippen LogP contribution in [0.3, 0.4) is 0 Å². The minimum Gasteiger partial charge on any atom is -0.379 e. The number of hydrogen-bond donors (Lipinski definition) is 0. The standard InChI is InChI=1S/C18H28N2O/c1-2-6-18(7-3-1)20-11-8-17(9-12-20)5-4-10-19-13-15-21-16-14-19/h1-3,6-7,17H,4-5,8-16H2. The fourth-order valence-electron chi connectivity index (χ4n) is 3.55. The summed E-state index contributed by atoms with van der Waals surface area (Å²) in [5.41, 5.74) is 1.39. The number of para-hydroxylation sites is 1. The van der Waals surface area contributed by atoms with Crippen molar-refractivity contribution >= 4 is 5.69 Å². The van der Waals surface area contributed by atoms with E-state index in [4.69, 9.17) is 4.74 Å². The van der Waals surface area contributed by atoms with E-state index in [-0.39, 0.29) is 0 Å². The van der Waals surface area contributed by atoms with Crippen LogP contribution in [0.4, 0.5) is 5.69 Å². The third-order valence-corrected chi connectivity index (χ3v) is 4.93. The number of morpholine rings is 1. The van der Waals surface area contributed by atoms with Crippen LogP contribution >= 0.6 is 0 Å². The Morgan fingerprint density at radius 1 is 0.952 bits per heavy atom. The molecule has 0 spiro atoms. The van der Waals surface area contributed by atoms with Crippen LogP contribution in [0.2, 0.25) is 0 Å². The lowest BCUT2D eigenvalue weighted by Gasteiger charge is -2.34. The van der Waals surface area contributed by atoms with Crippen molar-refractivity contribution in [3.63, 3.8) is 0 Å². The lowest BCUT2D eigenvalue weighted by Crippen LogP contribution is -2.37. The molecule has 0 saturated carbocycles. The Morgan fingerprint density at radius 3 is 2.38 bits per heavy atom. The highest BCUT2D eigenvalue weighted by Gasteiger charge is 2.19. The number of ether oxygens (including phenoxy) is 1. The molecule has 0 amide bonds. The van der Waals surface area contributed by atoms with Crippen LogP contribution in [0.15, 0.2) is 30.3 Å². The van der Waals surface area contributed by atoms with Crippen molar-refractivity contribution < 1.29 is 4.74 Å². The summed E-state index contributed by atoms with van der Waals surface area (Å²) in [7, 11) is 0. The van der Waals surface area contributed by atoms with Crippen molar-refractivity contribution in [3.05, 3.63) is 30.3 Å². The molecule has 2 saturated heterocycles. The van der Waals surface area contributed by atoms with E-state index >= 15 is 0 Å². The molecule has 0 radical (unpaired) electrons. The zero-order chi connectivity index (χ0) is 14.3. The van der Waals surface area contributed by atoms with E-state index in [1.807, 2.05) is 0 Å². The highest BCUT2D eigenvalue weighted by molar-refractivity contribution is 5.46. The predicted octanol–water partition coefficient (Wildman–Crippen LogP) is 3.02. The molecule has 0 atom stereocenters. The lowest BCUT2D eigenvalue weighted by molar-refractivity contribution is 0.0365. The summed E-state index contributed by atoms with van der Waals surface area (Å²) in [5, 5.41) is 0. The van der Waals surface area contributed by atoms with Gasteiger partial charge in [0.25, 0.3) is 0 Å². The number of piperidine rings is 1. The zero-order valence-corrected chi connectivity index (χ0v) is 13.0. The fourth-order valence-corrected chi connectivity index (χ4v) is 3.55. The van der Waals surface area contributed by atoms with E-state index in [9.17, 15) is 0 Å². The SMILES string of the molecule is c1ccc(N2CCC(CCCN3CCOCC3)CC2)cc1. The Kier molecular flexibility index (Phi) is 5.53. The third kappa shape index (κ3) is 4.45. The maximum absolute atomic E-state index is 5.40. The van der Waals surface area contributed by atoms with Gasteiger partial charge in [0.1, 0.15) is 0 Å². The van der Waals surface area contributed by atoms with E-state index in [1.165, 1.54) is 51.0 Å². The number of benzene rings is 1. The third-order valence-electron chi connectivity index (χ3n) is 4.93. The van der Waals surface area contributed by atoms with Gasteiger partial charge < -0.3 is 9.64 Å². The van der Waals surface area contributed by atoms with Crippen LogP contribution in [0.5, 0.6) is 0 Å². The molecule has 2 aliphatic rings. The lowest BCUT2D eigenvalue weighted by atomic mass is 9.92. The van der Waals surface area contributed by atoms with E-state index < -0.39 is 0 Å². The minimum absolute atomic E-state index is 0.926. The van der Waals surface area contributed by atoms with Gasteiger partial charge >= 0.3 is 0 Å². The van der Waals surface area contributed by atoms with Gasteiger partial charge in [-0.25, -0.2) is 0 Å². The normalized spacial score (nSPS) is 21.6. The molecule has 0 aromatic heterocycles. The van der Waals surface area contributed by atoms with Crippen LogP contribution in [0.1, 0.15) is 25.7 Å². The molecule has 0 unspecified atom stereocenters. The van der Waals surface area contributed by atoms with Gasteiger partial charge in [-0.15, -0.1) is 0 Å². The summed E-state index contributed by atoms with van der Waals surface area (Å²) >= 11 is 0. The molecule has 1 aromatic rings. The summed E-state index contributed by atoms with van der Waals surface area (Å²) in [5.74, 6) is 0.936. The molecule has 1 aromatic carbocycles. The van der Waals surface area contributed by atoms with E-state index in [2.05, 4.69) is 40.1 Å². The van der Waals surface area contributed by atoms with Gasteiger partial charge in [0.15, 0.2) is 0 Å². The van der Waals surface area contributed by atoms with E-state index in [0.29, 0.717) is 0 Å². The van der Waals surface area contributed by atoms with Gasteiger partial charge in [0, 0.05) is 31.9 Å². The van der Waals surface area contributed by atoms with Crippen LogP contribution in [-0.4, -0.2) is 50.8 Å². The van der Waals surface area contributed by atoms with Crippen molar-refractivity contribution in [2.75, 3.05) is 50.8 Å². The number of hydrogen-bond acceptors (Lipinski definition) is 3. The Balaban J connectivity index is 1.34. The molecule has 0 aliphatic carbocycles.